The normalized spacial score (nSPS) is 18.4. The zero-order chi connectivity index (χ0) is 33.4. The summed E-state index contributed by atoms with van der Waals surface area (Å²) >= 11 is 0. The van der Waals surface area contributed by atoms with Crippen LogP contribution in [0, 0.1) is 12.8 Å². The van der Waals surface area contributed by atoms with E-state index in [0.29, 0.717) is 37.8 Å². The number of rotatable bonds is 5. The number of piperidine rings is 2. The van der Waals surface area contributed by atoms with E-state index in [1.54, 1.807) is 6.92 Å². The van der Waals surface area contributed by atoms with Crippen LogP contribution in [-0.4, -0.2) is 105 Å². The van der Waals surface area contributed by atoms with Crippen LogP contribution in [0.15, 0.2) is 66.7 Å². The maximum absolute atomic E-state index is 14.0. The summed E-state index contributed by atoms with van der Waals surface area (Å²) in [6.45, 7) is 9.68. The molecule has 0 radical (unpaired) electrons. The molecule has 5 heterocycles. The lowest BCUT2D eigenvalue weighted by Crippen LogP contribution is -2.55. The van der Waals surface area contributed by atoms with Crippen molar-refractivity contribution in [1.82, 2.24) is 29.2 Å². The van der Waals surface area contributed by atoms with Crippen LogP contribution in [0.5, 0.6) is 0 Å². The molecule has 7 rings (SSSR count). The number of nitrogens with zero attached hydrogens (tertiary/aromatic N) is 6. The molecule has 2 aromatic heterocycles. The van der Waals surface area contributed by atoms with Gasteiger partial charge in [0.2, 0.25) is 11.8 Å². The molecule has 0 saturated carbocycles. The van der Waals surface area contributed by atoms with Crippen molar-refractivity contribution in [3.63, 3.8) is 0 Å². The van der Waals surface area contributed by atoms with Crippen molar-refractivity contribution in [2.75, 3.05) is 52.4 Å². The molecule has 48 heavy (non-hydrogen) atoms. The number of aromatic nitrogens is 2. The Bertz CT molecular complexity index is 1810. The Morgan fingerprint density at radius 2 is 1.33 bits per heavy atom. The number of carbonyl (C=O) groups is 3. The predicted octanol–water partition coefficient (Wildman–Crippen LogP) is 5.22. The Morgan fingerprint density at radius 3 is 2.00 bits per heavy atom. The Balaban J connectivity index is 1.00. The minimum Gasteiger partial charge on any atom is -0.348 e. The molecular formula is C39H46N6O3. The third-order valence-corrected chi connectivity index (χ3v) is 10.9. The van der Waals surface area contributed by atoms with Crippen LogP contribution >= 0.6 is 0 Å². The number of fused-ring (bicyclic) bond motifs is 1. The van der Waals surface area contributed by atoms with Crippen molar-refractivity contribution in [2.45, 2.75) is 45.6 Å². The highest BCUT2D eigenvalue weighted by atomic mass is 16.2. The molecule has 3 aliphatic rings. The van der Waals surface area contributed by atoms with E-state index in [1.165, 1.54) is 11.2 Å². The van der Waals surface area contributed by atoms with Crippen LogP contribution in [0.2, 0.25) is 0 Å². The van der Waals surface area contributed by atoms with Crippen LogP contribution in [0.1, 0.15) is 48.7 Å². The molecule has 3 saturated heterocycles. The van der Waals surface area contributed by atoms with E-state index in [9.17, 15) is 14.4 Å². The average Bonchev–Trinajstić information content (AvgIpc) is 3.43. The summed E-state index contributed by atoms with van der Waals surface area (Å²) < 4.78 is 2.19. The monoisotopic (exact) mass is 646 g/mol. The number of piperazine rings is 1. The zero-order valence-electron chi connectivity index (χ0n) is 28.4. The molecule has 9 heteroatoms. The highest BCUT2D eigenvalue weighted by Gasteiger charge is 2.34. The van der Waals surface area contributed by atoms with Gasteiger partial charge in [-0.05, 0) is 62.9 Å². The fraction of sp³-hybridized carbons (Fsp3) is 0.436. The van der Waals surface area contributed by atoms with E-state index >= 15 is 0 Å². The van der Waals surface area contributed by atoms with Gasteiger partial charge in [-0.3, -0.25) is 19.3 Å². The number of hydrogen-bond acceptors (Lipinski definition) is 5. The molecule has 0 spiro atoms. The summed E-state index contributed by atoms with van der Waals surface area (Å²) in [6.07, 6.45) is 3.46. The zero-order valence-corrected chi connectivity index (χ0v) is 28.4. The van der Waals surface area contributed by atoms with Crippen molar-refractivity contribution < 1.29 is 14.4 Å². The van der Waals surface area contributed by atoms with Gasteiger partial charge in [-0.2, -0.15) is 0 Å². The van der Waals surface area contributed by atoms with E-state index in [2.05, 4.69) is 47.7 Å². The third-order valence-electron chi connectivity index (χ3n) is 10.9. The standard InChI is InChI=1S/C39H46N6O3/c1-27-23-32-24-31(9-10-37(32)41(27)3)36-26-33(25-35(40-36)29-7-5-4-6-8-29)39(48)45-21-19-43(20-22-45)34-13-17-44(18-14-34)38(47)30-11-15-42(16-12-30)28(2)46/h4-10,23-26,30,34H,11-22H2,1-3H3. The summed E-state index contributed by atoms with van der Waals surface area (Å²) in [5.74, 6) is 0.441. The van der Waals surface area contributed by atoms with Gasteiger partial charge in [-0.15, -0.1) is 0 Å². The minimum absolute atomic E-state index is 0.0354. The van der Waals surface area contributed by atoms with Gasteiger partial charge in [0.25, 0.3) is 5.91 Å². The van der Waals surface area contributed by atoms with E-state index < -0.39 is 0 Å². The Morgan fingerprint density at radius 1 is 0.688 bits per heavy atom. The summed E-state index contributed by atoms with van der Waals surface area (Å²) in [5, 5.41) is 1.16. The van der Waals surface area contributed by atoms with Crippen LogP contribution in [-0.2, 0) is 16.6 Å². The largest absolute Gasteiger partial charge is 0.348 e. The van der Waals surface area contributed by atoms with Crippen LogP contribution in [0.3, 0.4) is 0 Å². The predicted molar refractivity (Wildman–Crippen MR) is 188 cm³/mol. The topological polar surface area (TPSA) is 82.0 Å². The molecule has 0 unspecified atom stereocenters. The molecule has 0 atom stereocenters. The van der Waals surface area contributed by atoms with Crippen molar-refractivity contribution in [1.29, 1.82) is 0 Å². The quantitative estimate of drug-likeness (QED) is 0.297. The first-order valence-electron chi connectivity index (χ1n) is 17.5. The van der Waals surface area contributed by atoms with E-state index in [4.69, 9.17) is 4.98 Å². The van der Waals surface area contributed by atoms with Crippen LogP contribution in [0.4, 0.5) is 0 Å². The van der Waals surface area contributed by atoms with Crippen LogP contribution < -0.4 is 0 Å². The van der Waals surface area contributed by atoms with Gasteiger partial charge >= 0.3 is 0 Å². The molecule has 3 fully saturated rings. The first-order chi connectivity index (χ1) is 23.2. The van der Waals surface area contributed by atoms with E-state index in [-0.39, 0.29) is 23.6 Å². The summed E-state index contributed by atoms with van der Waals surface area (Å²) in [6, 6.07) is 23.0. The molecule has 2 aromatic carbocycles. The maximum Gasteiger partial charge on any atom is 0.254 e. The van der Waals surface area contributed by atoms with Crippen molar-refractivity contribution >= 4 is 28.6 Å². The Hall–Kier alpha value is -4.50. The molecule has 4 aromatic rings. The highest BCUT2D eigenvalue weighted by molar-refractivity contribution is 5.97. The lowest BCUT2D eigenvalue weighted by Gasteiger charge is -2.43. The first-order valence-corrected chi connectivity index (χ1v) is 17.5. The number of benzene rings is 2. The highest BCUT2D eigenvalue weighted by Crippen LogP contribution is 2.30. The van der Waals surface area contributed by atoms with Gasteiger partial charge in [0, 0.05) is 112 Å². The lowest BCUT2D eigenvalue weighted by atomic mass is 9.93. The fourth-order valence-electron chi connectivity index (χ4n) is 7.83. The first kappa shape index (κ1) is 32.1. The lowest BCUT2D eigenvalue weighted by molar-refractivity contribution is -0.141. The number of pyridine rings is 1. The fourth-order valence-corrected chi connectivity index (χ4v) is 7.83. The SMILES string of the molecule is CC(=O)N1CCC(C(=O)N2CCC(N3CCN(C(=O)c4cc(-c5ccccc5)nc(-c5ccc6c(c5)cc(C)n6C)c4)CC3)CC2)CC1. The molecular weight excluding hydrogens is 600 g/mol. The van der Waals surface area contributed by atoms with Gasteiger partial charge < -0.3 is 19.3 Å². The Kier molecular flexibility index (Phi) is 9.05. The summed E-state index contributed by atoms with van der Waals surface area (Å²) in [4.78, 5) is 52.4. The summed E-state index contributed by atoms with van der Waals surface area (Å²) in [7, 11) is 2.08. The second-order valence-electron chi connectivity index (χ2n) is 13.8. The maximum atomic E-state index is 14.0. The molecule has 250 valence electrons. The van der Waals surface area contributed by atoms with Crippen molar-refractivity contribution in [3.8, 4) is 22.5 Å². The van der Waals surface area contributed by atoms with Gasteiger partial charge in [0.15, 0.2) is 0 Å². The second kappa shape index (κ2) is 13.5. The van der Waals surface area contributed by atoms with Crippen molar-refractivity contribution in [3.05, 3.63) is 78.0 Å². The molecule has 0 bridgehead atoms. The molecule has 3 amide bonds. The molecule has 9 nitrogen and oxygen atoms in total. The smallest absolute Gasteiger partial charge is 0.254 e. The number of carbonyl (C=O) groups excluding carboxylic acids is 3. The minimum atomic E-state index is 0.0354. The number of likely N-dealkylation sites (tertiary alicyclic amines) is 2. The average molecular weight is 647 g/mol. The number of aryl methyl sites for hydroxylation is 2. The molecule has 0 aliphatic carbocycles. The third kappa shape index (κ3) is 6.48. The van der Waals surface area contributed by atoms with Gasteiger partial charge in [-0.1, -0.05) is 36.4 Å². The number of amides is 3. The summed E-state index contributed by atoms with van der Waals surface area (Å²) in [5.41, 5.74) is 6.62. The van der Waals surface area contributed by atoms with Gasteiger partial charge in [0.1, 0.15) is 0 Å². The number of hydrogen-bond donors (Lipinski definition) is 0. The second-order valence-corrected chi connectivity index (χ2v) is 13.8. The van der Waals surface area contributed by atoms with Gasteiger partial charge in [-0.25, -0.2) is 4.98 Å². The van der Waals surface area contributed by atoms with E-state index in [1.807, 2.05) is 57.2 Å². The Labute approximate surface area is 283 Å². The van der Waals surface area contributed by atoms with E-state index in [0.717, 1.165) is 79.8 Å². The van der Waals surface area contributed by atoms with Gasteiger partial charge in [0.05, 0.1) is 11.4 Å². The van der Waals surface area contributed by atoms with Crippen molar-refractivity contribution in [2.24, 2.45) is 13.0 Å². The molecule has 0 N–H and O–H groups in total. The van der Waals surface area contributed by atoms with Crippen LogP contribution in [0.25, 0.3) is 33.4 Å². The molecule has 3 aliphatic heterocycles.